The Bertz CT molecular complexity index is 1450. The van der Waals surface area contributed by atoms with Crippen LogP contribution in [0.5, 0.6) is 17.2 Å². The Morgan fingerprint density at radius 3 is 1.84 bits per heavy atom. The first-order valence-corrected chi connectivity index (χ1v) is 16.2. The topological polar surface area (TPSA) is 69.5 Å². The van der Waals surface area contributed by atoms with Crippen molar-refractivity contribution in [2.45, 2.75) is 84.0 Å². The Morgan fingerprint density at radius 1 is 0.614 bits per heavy atom. The van der Waals surface area contributed by atoms with Crippen molar-refractivity contribution in [3.05, 3.63) is 90.5 Å². The summed E-state index contributed by atoms with van der Waals surface area (Å²) in [6.07, 6.45) is 15.8. The Kier molecular flexibility index (Phi) is 13.7. The van der Waals surface area contributed by atoms with E-state index >= 15 is 0 Å². The Labute approximate surface area is 262 Å². The van der Waals surface area contributed by atoms with Crippen LogP contribution < -0.4 is 14.2 Å². The second kappa shape index (κ2) is 18.5. The van der Waals surface area contributed by atoms with Gasteiger partial charge in [0.2, 0.25) is 0 Å². The molecule has 0 saturated heterocycles. The summed E-state index contributed by atoms with van der Waals surface area (Å²) < 4.78 is 16.9. The lowest BCUT2D eigenvalue weighted by molar-refractivity contribution is 0.0737. The van der Waals surface area contributed by atoms with Crippen molar-refractivity contribution in [1.82, 2.24) is 0 Å². The molecule has 4 aromatic rings. The number of carbonyl (C=O) groups is 1. The second-order valence-corrected chi connectivity index (χ2v) is 11.2. The molecule has 0 aliphatic heterocycles. The molecule has 0 radical (unpaired) electrons. The zero-order valence-electron chi connectivity index (χ0n) is 26.3. The first kappa shape index (κ1) is 32.7. The molecule has 44 heavy (non-hydrogen) atoms. The van der Waals surface area contributed by atoms with Gasteiger partial charge in [0.25, 0.3) is 0 Å². The van der Waals surface area contributed by atoms with Crippen LogP contribution in [0, 0.1) is 0 Å². The van der Waals surface area contributed by atoms with Gasteiger partial charge in [0.1, 0.15) is 17.2 Å². The van der Waals surface area contributed by atoms with Gasteiger partial charge in [-0.1, -0.05) is 102 Å². The van der Waals surface area contributed by atoms with Crippen molar-refractivity contribution in [3.63, 3.8) is 0 Å². The maximum atomic E-state index is 13.0. The van der Waals surface area contributed by atoms with Crippen LogP contribution >= 0.6 is 0 Å². The van der Waals surface area contributed by atoms with Gasteiger partial charge in [-0.2, -0.15) is 5.11 Å². The van der Waals surface area contributed by atoms with Crippen molar-refractivity contribution in [2.75, 3.05) is 13.7 Å². The Hall–Kier alpha value is -4.19. The van der Waals surface area contributed by atoms with Gasteiger partial charge >= 0.3 is 5.97 Å². The largest absolute Gasteiger partial charge is 0.497 e. The summed E-state index contributed by atoms with van der Waals surface area (Å²) in [5.41, 5.74) is 1.87. The average Bonchev–Trinajstić information content (AvgIpc) is 3.07. The van der Waals surface area contributed by atoms with Crippen LogP contribution in [-0.2, 0) is 0 Å². The zero-order valence-corrected chi connectivity index (χ0v) is 26.3. The number of rotatable bonds is 19. The molecule has 0 aliphatic rings. The third-order valence-electron chi connectivity index (χ3n) is 7.77. The molecule has 4 aromatic carbocycles. The summed E-state index contributed by atoms with van der Waals surface area (Å²) in [6, 6.07) is 25.8. The fourth-order valence-electron chi connectivity index (χ4n) is 5.17. The van der Waals surface area contributed by atoms with E-state index in [2.05, 4.69) is 17.2 Å². The number of fused-ring (bicyclic) bond motifs is 1. The van der Waals surface area contributed by atoms with Gasteiger partial charge in [0.05, 0.1) is 30.7 Å². The van der Waals surface area contributed by atoms with Crippen molar-refractivity contribution in [3.8, 4) is 17.2 Å². The highest BCUT2D eigenvalue weighted by atomic mass is 16.5. The normalized spacial score (nSPS) is 11.2. The lowest BCUT2D eigenvalue weighted by atomic mass is 10.1. The summed E-state index contributed by atoms with van der Waals surface area (Å²) >= 11 is 0. The monoisotopic (exact) mass is 594 g/mol. The third-order valence-corrected chi connectivity index (χ3v) is 7.77. The molecule has 0 fully saturated rings. The molecule has 0 N–H and O–H groups in total. The summed E-state index contributed by atoms with van der Waals surface area (Å²) in [5, 5.41) is 10.4. The van der Waals surface area contributed by atoms with Crippen LogP contribution in [0.1, 0.15) is 94.3 Å². The minimum Gasteiger partial charge on any atom is -0.497 e. The number of hydrogen-bond acceptors (Lipinski definition) is 6. The molecule has 6 heteroatoms. The van der Waals surface area contributed by atoms with E-state index in [4.69, 9.17) is 14.2 Å². The number of benzene rings is 4. The molecule has 0 aliphatic carbocycles. The molecule has 0 bridgehead atoms. The van der Waals surface area contributed by atoms with E-state index in [0.717, 1.165) is 28.7 Å². The van der Waals surface area contributed by atoms with Crippen molar-refractivity contribution in [2.24, 2.45) is 10.2 Å². The van der Waals surface area contributed by atoms with Crippen LogP contribution in [0.4, 0.5) is 11.4 Å². The van der Waals surface area contributed by atoms with E-state index in [-0.39, 0.29) is 0 Å². The van der Waals surface area contributed by atoms with E-state index in [1.165, 1.54) is 70.6 Å². The number of carbonyl (C=O) groups excluding carboxylic acids is 1. The van der Waals surface area contributed by atoms with E-state index in [0.29, 0.717) is 29.3 Å². The zero-order chi connectivity index (χ0) is 30.8. The third kappa shape index (κ3) is 10.5. The smallest absolute Gasteiger partial charge is 0.343 e. The van der Waals surface area contributed by atoms with Crippen molar-refractivity contribution < 1.29 is 19.0 Å². The Balaban J connectivity index is 1.21. The van der Waals surface area contributed by atoms with Crippen LogP contribution in [-0.4, -0.2) is 19.7 Å². The standard InChI is InChI=1S/C38H46N2O4/c1-3-4-5-6-7-8-9-10-11-12-13-16-29-43-33-23-19-30(20-24-33)38(41)44-37-28-27-36(34-17-14-15-18-35(34)37)40-39-31-21-25-32(42-2)26-22-31/h14-15,17-28H,3-13,16,29H2,1-2H3. The van der Waals surface area contributed by atoms with Crippen LogP contribution in [0.3, 0.4) is 0 Å². The molecule has 0 unspecified atom stereocenters. The predicted molar refractivity (Wildman–Crippen MR) is 179 cm³/mol. The minimum atomic E-state index is -0.421. The molecule has 232 valence electrons. The molecule has 0 saturated carbocycles. The number of nitrogens with zero attached hydrogens (tertiary/aromatic N) is 2. The molecule has 0 atom stereocenters. The van der Waals surface area contributed by atoms with Gasteiger partial charge in [-0.3, -0.25) is 0 Å². The quantitative estimate of drug-likeness (QED) is 0.0468. The van der Waals surface area contributed by atoms with Crippen LogP contribution in [0.2, 0.25) is 0 Å². The molecule has 0 amide bonds. The molecule has 0 spiro atoms. The summed E-state index contributed by atoms with van der Waals surface area (Å²) in [6.45, 7) is 2.96. The molecular weight excluding hydrogens is 548 g/mol. The van der Waals surface area contributed by atoms with E-state index in [9.17, 15) is 4.79 Å². The number of azo groups is 1. The van der Waals surface area contributed by atoms with E-state index in [1.54, 1.807) is 25.3 Å². The maximum Gasteiger partial charge on any atom is 0.343 e. The highest BCUT2D eigenvalue weighted by molar-refractivity contribution is 5.99. The van der Waals surface area contributed by atoms with Crippen molar-refractivity contribution in [1.29, 1.82) is 0 Å². The summed E-state index contributed by atoms with van der Waals surface area (Å²) in [4.78, 5) is 13.0. The predicted octanol–water partition coefficient (Wildman–Crippen LogP) is 11.6. The van der Waals surface area contributed by atoms with Gasteiger partial charge in [0, 0.05) is 10.8 Å². The molecule has 6 nitrogen and oxygen atoms in total. The van der Waals surface area contributed by atoms with Crippen molar-refractivity contribution >= 4 is 28.1 Å². The lowest BCUT2D eigenvalue weighted by Crippen LogP contribution is -2.08. The highest BCUT2D eigenvalue weighted by Gasteiger charge is 2.13. The van der Waals surface area contributed by atoms with E-state index < -0.39 is 5.97 Å². The van der Waals surface area contributed by atoms with Gasteiger partial charge in [-0.05, 0) is 67.1 Å². The van der Waals surface area contributed by atoms with Crippen LogP contribution in [0.15, 0.2) is 95.2 Å². The number of esters is 1. The lowest BCUT2D eigenvalue weighted by Gasteiger charge is -2.10. The van der Waals surface area contributed by atoms with Gasteiger partial charge in [-0.15, -0.1) is 5.11 Å². The maximum absolute atomic E-state index is 13.0. The highest BCUT2D eigenvalue weighted by Crippen LogP contribution is 2.35. The van der Waals surface area contributed by atoms with Gasteiger partial charge < -0.3 is 14.2 Å². The molecule has 4 rings (SSSR count). The molecule has 0 aromatic heterocycles. The fraction of sp³-hybridized carbons (Fsp3) is 0.395. The first-order chi connectivity index (χ1) is 21.7. The SMILES string of the molecule is CCCCCCCCCCCCCCOc1ccc(C(=O)Oc2ccc(N=Nc3ccc(OC)cc3)c3ccccc23)cc1. The minimum absolute atomic E-state index is 0.421. The molecule has 0 heterocycles. The second-order valence-electron chi connectivity index (χ2n) is 11.2. The first-order valence-electron chi connectivity index (χ1n) is 16.2. The number of unbranched alkanes of at least 4 members (excludes halogenated alkanes) is 11. The van der Waals surface area contributed by atoms with E-state index in [1.807, 2.05) is 66.7 Å². The molecular formula is C38H46N2O4. The number of ether oxygens (including phenoxy) is 3. The average molecular weight is 595 g/mol. The summed E-state index contributed by atoms with van der Waals surface area (Å²) in [7, 11) is 1.63. The Morgan fingerprint density at radius 2 is 1.20 bits per heavy atom. The number of methoxy groups -OCH3 is 1. The van der Waals surface area contributed by atoms with Gasteiger partial charge in [0.15, 0.2) is 0 Å². The summed E-state index contributed by atoms with van der Waals surface area (Å²) in [5.74, 6) is 1.58. The fourth-order valence-corrected chi connectivity index (χ4v) is 5.17. The van der Waals surface area contributed by atoms with Crippen LogP contribution in [0.25, 0.3) is 10.8 Å². The number of hydrogen-bond donors (Lipinski definition) is 0. The van der Waals surface area contributed by atoms with Gasteiger partial charge in [-0.25, -0.2) is 4.79 Å².